The van der Waals surface area contributed by atoms with Crippen LogP contribution in [-0.4, -0.2) is 47.5 Å². The minimum absolute atomic E-state index is 0.107. The van der Waals surface area contributed by atoms with Crippen molar-refractivity contribution >= 4 is 17.6 Å². The van der Waals surface area contributed by atoms with Crippen LogP contribution in [0.4, 0.5) is 5.82 Å². The zero-order valence-corrected chi connectivity index (χ0v) is 17.1. The third kappa shape index (κ3) is 7.38. The van der Waals surface area contributed by atoms with Gasteiger partial charge in [-0.1, -0.05) is 20.8 Å². The van der Waals surface area contributed by atoms with Gasteiger partial charge in [0.15, 0.2) is 0 Å². The number of nitrogens with zero attached hydrogens (tertiary/aromatic N) is 3. The molecule has 2 atom stereocenters. The maximum absolute atomic E-state index is 12.4. The van der Waals surface area contributed by atoms with Gasteiger partial charge in [0.2, 0.25) is 0 Å². The molecule has 0 spiro atoms. The van der Waals surface area contributed by atoms with Crippen LogP contribution in [0.2, 0.25) is 0 Å². The number of hydrogen-bond donors (Lipinski definition) is 0. The number of hydrogen-bond acceptors (Lipinski definition) is 6. The maximum atomic E-state index is 12.4. The molecule has 0 amide bonds. The summed E-state index contributed by atoms with van der Waals surface area (Å²) < 4.78 is 13.0. The molecule has 6 nitrogen and oxygen atoms in total. The number of rotatable bonds is 13. The minimum atomic E-state index is -0.387. The molecule has 0 saturated carbocycles. The minimum Gasteiger partial charge on any atom is -0.378 e. The SMILES string of the molecule is CCCOCC(O[C@@H](C)n1ccc(N(CCC)CCC)nc1=O)SC. The highest BCUT2D eigenvalue weighted by Crippen LogP contribution is 2.17. The van der Waals surface area contributed by atoms with E-state index in [9.17, 15) is 4.79 Å². The second-order valence-electron chi connectivity index (χ2n) is 5.94. The van der Waals surface area contributed by atoms with Gasteiger partial charge in [0.05, 0.1) is 6.61 Å². The molecule has 1 aromatic rings. The van der Waals surface area contributed by atoms with E-state index in [1.165, 1.54) is 4.57 Å². The van der Waals surface area contributed by atoms with E-state index in [1.807, 2.05) is 19.2 Å². The lowest BCUT2D eigenvalue weighted by Crippen LogP contribution is -2.33. The van der Waals surface area contributed by atoms with Crippen molar-refractivity contribution in [1.29, 1.82) is 0 Å². The topological polar surface area (TPSA) is 56.6 Å². The van der Waals surface area contributed by atoms with E-state index in [-0.39, 0.29) is 17.4 Å². The van der Waals surface area contributed by atoms with Crippen LogP contribution in [-0.2, 0) is 9.47 Å². The highest BCUT2D eigenvalue weighted by Gasteiger charge is 2.16. The Labute approximate surface area is 155 Å². The summed E-state index contributed by atoms with van der Waals surface area (Å²) in [6.45, 7) is 11.2. The first kappa shape index (κ1) is 22.0. The van der Waals surface area contributed by atoms with Crippen molar-refractivity contribution in [1.82, 2.24) is 9.55 Å². The lowest BCUT2D eigenvalue weighted by Gasteiger charge is -2.24. The van der Waals surface area contributed by atoms with Crippen molar-refractivity contribution in [3.63, 3.8) is 0 Å². The van der Waals surface area contributed by atoms with Crippen LogP contribution in [0.15, 0.2) is 17.1 Å². The predicted octanol–water partition coefficient (Wildman–Crippen LogP) is 3.52. The normalized spacial score (nSPS) is 13.6. The number of ether oxygens (including phenoxy) is 2. The fourth-order valence-electron chi connectivity index (χ4n) is 2.51. The molecule has 1 rings (SSSR count). The highest BCUT2D eigenvalue weighted by atomic mass is 32.2. The number of thioether (sulfide) groups is 1. The molecule has 0 N–H and O–H groups in total. The largest absolute Gasteiger partial charge is 0.378 e. The van der Waals surface area contributed by atoms with E-state index in [4.69, 9.17) is 9.47 Å². The van der Waals surface area contributed by atoms with Gasteiger partial charge in [-0.25, -0.2) is 4.79 Å². The van der Waals surface area contributed by atoms with Crippen molar-refractivity contribution in [2.45, 2.75) is 58.6 Å². The Morgan fingerprint density at radius 3 is 2.44 bits per heavy atom. The van der Waals surface area contributed by atoms with Crippen LogP contribution in [0, 0.1) is 0 Å². The molecule has 1 unspecified atom stereocenters. The first-order valence-corrected chi connectivity index (χ1v) is 10.5. The summed E-state index contributed by atoms with van der Waals surface area (Å²) in [5.74, 6) is 0.741. The molecular formula is C18H33N3O3S. The van der Waals surface area contributed by atoms with E-state index in [0.29, 0.717) is 6.61 Å². The average Bonchev–Trinajstić information content (AvgIpc) is 2.60. The van der Waals surface area contributed by atoms with Gasteiger partial charge in [-0.15, -0.1) is 11.8 Å². The summed E-state index contributed by atoms with van der Waals surface area (Å²) in [5.41, 5.74) is -0.388. The van der Waals surface area contributed by atoms with Gasteiger partial charge >= 0.3 is 5.69 Å². The Hall–Kier alpha value is -1.05. The molecule has 25 heavy (non-hydrogen) atoms. The Kier molecular flexibility index (Phi) is 10.8. The summed E-state index contributed by atoms with van der Waals surface area (Å²) in [7, 11) is 0. The van der Waals surface area contributed by atoms with Crippen molar-refractivity contribution < 1.29 is 9.47 Å². The van der Waals surface area contributed by atoms with Crippen LogP contribution < -0.4 is 10.6 Å². The van der Waals surface area contributed by atoms with Crippen molar-refractivity contribution in [2.75, 3.05) is 37.5 Å². The lowest BCUT2D eigenvalue weighted by molar-refractivity contribution is -0.0401. The third-order valence-electron chi connectivity index (χ3n) is 3.73. The Balaban J connectivity index is 2.79. The fourth-order valence-corrected chi connectivity index (χ4v) is 3.01. The average molecular weight is 372 g/mol. The lowest BCUT2D eigenvalue weighted by atomic mass is 10.3. The molecule has 0 aliphatic carbocycles. The van der Waals surface area contributed by atoms with Crippen LogP contribution >= 0.6 is 11.8 Å². The molecule has 0 radical (unpaired) electrons. The highest BCUT2D eigenvalue weighted by molar-refractivity contribution is 7.99. The number of anilines is 1. The quantitative estimate of drug-likeness (QED) is 0.391. The predicted molar refractivity (Wildman–Crippen MR) is 106 cm³/mol. The monoisotopic (exact) mass is 371 g/mol. The van der Waals surface area contributed by atoms with Gasteiger partial charge in [0.25, 0.3) is 0 Å². The maximum Gasteiger partial charge on any atom is 0.351 e. The summed E-state index contributed by atoms with van der Waals surface area (Å²) in [6.07, 6.45) is 6.40. The second kappa shape index (κ2) is 12.3. The van der Waals surface area contributed by atoms with E-state index in [1.54, 1.807) is 18.0 Å². The van der Waals surface area contributed by atoms with Crippen LogP contribution in [0.25, 0.3) is 0 Å². The molecule has 1 aromatic heterocycles. The standard InChI is InChI=1S/C18H33N3O3S/c1-6-10-20(11-7-2)16-9-12-21(18(22)19-16)15(4)24-17(25-5)14-23-13-8-3/h9,12,15,17H,6-8,10-11,13-14H2,1-5H3/t15-,17?/m0/s1. The molecule has 0 aromatic carbocycles. The van der Waals surface area contributed by atoms with Crippen molar-refractivity contribution in [3.05, 3.63) is 22.7 Å². The molecule has 0 saturated heterocycles. The van der Waals surface area contributed by atoms with Gasteiger partial charge < -0.3 is 14.4 Å². The molecule has 0 fully saturated rings. The van der Waals surface area contributed by atoms with Crippen LogP contribution in [0.1, 0.15) is 53.2 Å². The van der Waals surface area contributed by atoms with Gasteiger partial charge in [-0.3, -0.25) is 4.57 Å². The molecule has 0 aliphatic rings. The first-order chi connectivity index (χ1) is 12.1. The van der Waals surface area contributed by atoms with Gasteiger partial charge in [-0.05, 0) is 38.5 Å². The molecule has 0 aliphatic heterocycles. The summed E-state index contributed by atoms with van der Waals surface area (Å²) in [4.78, 5) is 18.8. The van der Waals surface area contributed by atoms with Crippen LogP contribution in [0.3, 0.4) is 0 Å². The Morgan fingerprint density at radius 1 is 1.24 bits per heavy atom. The van der Waals surface area contributed by atoms with E-state index in [0.717, 1.165) is 44.8 Å². The molecule has 0 bridgehead atoms. The molecular weight excluding hydrogens is 338 g/mol. The zero-order chi connectivity index (χ0) is 18.7. The summed E-state index contributed by atoms with van der Waals surface area (Å²) >= 11 is 1.58. The Bertz CT molecular complexity index is 533. The molecule has 144 valence electrons. The summed E-state index contributed by atoms with van der Waals surface area (Å²) in [5, 5.41) is 0. The smallest absolute Gasteiger partial charge is 0.351 e. The molecule has 1 heterocycles. The van der Waals surface area contributed by atoms with Crippen LogP contribution in [0.5, 0.6) is 0 Å². The van der Waals surface area contributed by atoms with Crippen molar-refractivity contribution in [3.8, 4) is 0 Å². The van der Waals surface area contributed by atoms with E-state index >= 15 is 0 Å². The Morgan fingerprint density at radius 2 is 1.92 bits per heavy atom. The van der Waals surface area contributed by atoms with E-state index in [2.05, 4.69) is 30.7 Å². The van der Waals surface area contributed by atoms with Gasteiger partial charge in [-0.2, -0.15) is 4.98 Å². The zero-order valence-electron chi connectivity index (χ0n) is 16.2. The first-order valence-electron chi connectivity index (χ1n) is 9.17. The van der Waals surface area contributed by atoms with E-state index < -0.39 is 0 Å². The fraction of sp³-hybridized carbons (Fsp3) is 0.778. The van der Waals surface area contributed by atoms with Crippen molar-refractivity contribution in [2.24, 2.45) is 0 Å². The number of aromatic nitrogens is 2. The van der Waals surface area contributed by atoms with Gasteiger partial charge in [0, 0.05) is 25.9 Å². The van der Waals surface area contributed by atoms with Gasteiger partial charge in [0.1, 0.15) is 17.5 Å². The third-order valence-corrected chi connectivity index (χ3v) is 4.51. The molecule has 7 heteroatoms. The summed E-state index contributed by atoms with van der Waals surface area (Å²) in [6, 6.07) is 1.90. The second-order valence-corrected chi connectivity index (χ2v) is 6.94.